The molecule has 0 fully saturated rings. The van der Waals surface area contributed by atoms with Gasteiger partial charge in [-0.3, -0.25) is 4.79 Å². The van der Waals surface area contributed by atoms with E-state index < -0.39 is 34.9 Å². The van der Waals surface area contributed by atoms with Crippen LogP contribution in [0.25, 0.3) is 0 Å². The lowest BCUT2D eigenvalue weighted by Gasteiger charge is -2.30. The van der Waals surface area contributed by atoms with Crippen LogP contribution >= 0.6 is 0 Å². The minimum atomic E-state index is -1.12. The van der Waals surface area contributed by atoms with E-state index in [1.807, 2.05) is 0 Å². The molecule has 0 saturated carbocycles. The number of rotatable bonds is 5. The first-order chi connectivity index (χ1) is 8.35. The van der Waals surface area contributed by atoms with Crippen LogP contribution in [-0.4, -0.2) is 34.6 Å². The van der Waals surface area contributed by atoms with Crippen LogP contribution in [0.3, 0.4) is 0 Å². The maximum absolute atomic E-state index is 11.8. The molecular formula is C12H23N3O4. The monoisotopic (exact) mass is 273 g/mol. The van der Waals surface area contributed by atoms with Gasteiger partial charge in [0.25, 0.3) is 0 Å². The Morgan fingerprint density at radius 2 is 1.63 bits per heavy atom. The molecule has 7 nitrogen and oxygen atoms in total. The number of hydrogen-bond acceptors (Lipinski definition) is 3. The molecule has 3 amide bonds. The highest BCUT2D eigenvalue weighted by Gasteiger charge is 2.33. The van der Waals surface area contributed by atoms with Crippen LogP contribution in [0, 0.1) is 5.41 Å². The minimum Gasteiger partial charge on any atom is -0.480 e. The molecule has 0 aromatic carbocycles. The van der Waals surface area contributed by atoms with Gasteiger partial charge >= 0.3 is 12.0 Å². The third kappa shape index (κ3) is 6.64. The van der Waals surface area contributed by atoms with Crippen LogP contribution in [0.5, 0.6) is 0 Å². The van der Waals surface area contributed by atoms with Crippen LogP contribution in [0.15, 0.2) is 0 Å². The van der Waals surface area contributed by atoms with E-state index in [1.165, 1.54) is 0 Å². The van der Waals surface area contributed by atoms with Gasteiger partial charge in [-0.2, -0.15) is 0 Å². The van der Waals surface area contributed by atoms with Gasteiger partial charge < -0.3 is 21.5 Å². The number of carbonyl (C=O) groups is 3. The Balaban J connectivity index is 4.68. The molecule has 110 valence electrons. The largest absolute Gasteiger partial charge is 0.480 e. The molecule has 0 spiro atoms. The van der Waals surface area contributed by atoms with Gasteiger partial charge in [0.05, 0.1) is 0 Å². The van der Waals surface area contributed by atoms with Crippen molar-refractivity contribution in [2.45, 2.75) is 52.6 Å². The van der Waals surface area contributed by atoms with Crippen molar-refractivity contribution < 1.29 is 19.5 Å². The van der Waals surface area contributed by atoms with Gasteiger partial charge in [0.15, 0.2) is 0 Å². The van der Waals surface area contributed by atoms with E-state index in [0.717, 1.165) is 0 Å². The van der Waals surface area contributed by atoms with Crippen molar-refractivity contribution >= 4 is 17.9 Å². The van der Waals surface area contributed by atoms with Crippen molar-refractivity contribution in [1.29, 1.82) is 0 Å². The smallest absolute Gasteiger partial charge is 0.326 e. The molecular weight excluding hydrogens is 250 g/mol. The Bertz CT molecular complexity index is 372. The van der Waals surface area contributed by atoms with Crippen LogP contribution in [0.1, 0.15) is 41.0 Å². The Labute approximate surface area is 112 Å². The molecule has 0 aliphatic carbocycles. The molecule has 1 atom stereocenters. The van der Waals surface area contributed by atoms with Crippen molar-refractivity contribution in [3.8, 4) is 0 Å². The van der Waals surface area contributed by atoms with Gasteiger partial charge in [0.1, 0.15) is 6.04 Å². The Morgan fingerprint density at radius 3 is 1.95 bits per heavy atom. The lowest BCUT2D eigenvalue weighted by Crippen LogP contribution is -2.56. The molecule has 19 heavy (non-hydrogen) atoms. The number of carboxylic acids is 1. The summed E-state index contributed by atoms with van der Waals surface area (Å²) in [7, 11) is 0. The second kappa shape index (κ2) is 5.90. The topological polar surface area (TPSA) is 122 Å². The predicted molar refractivity (Wildman–Crippen MR) is 70.4 cm³/mol. The average molecular weight is 273 g/mol. The first kappa shape index (κ1) is 17.2. The molecule has 0 unspecified atom stereocenters. The van der Waals surface area contributed by atoms with E-state index in [4.69, 9.17) is 10.8 Å². The van der Waals surface area contributed by atoms with E-state index in [2.05, 4.69) is 10.6 Å². The quantitative estimate of drug-likeness (QED) is 0.580. The summed E-state index contributed by atoms with van der Waals surface area (Å²) in [5.41, 5.74) is 3.60. The van der Waals surface area contributed by atoms with Crippen molar-refractivity contribution in [3.63, 3.8) is 0 Å². The lowest BCUT2D eigenvalue weighted by atomic mass is 9.87. The molecule has 0 bridgehead atoms. The zero-order chi connectivity index (χ0) is 15.4. The SMILES string of the molecule is CC(C)(CC(N)=O)NC(=O)N[C@@H](C(=O)O)C(C)(C)C. The highest BCUT2D eigenvalue weighted by atomic mass is 16.4. The van der Waals surface area contributed by atoms with Crippen LogP contribution in [-0.2, 0) is 9.59 Å². The fourth-order valence-corrected chi connectivity index (χ4v) is 1.60. The minimum absolute atomic E-state index is 0.0341. The molecule has 0 aliphatic rings. The van der Waals surface area contributed by atoms with E-state index in [-0.39, 0.29) is 6.42 Å². The molecule has 0 radical (unpaired) electrons. The Morgan fingerprint density at radius 1 is 1.16 bits per heavy atom. The number of carbonyl (C=O) groups excluding carboxylic acids is 2. The molecule has 0 aromatic rings. The standard InChI is InChI=1S/C12H23N3O4/c1-11(2,3)8(9(17)18)14-10(19)15-12(4,5)6-7(13)16/h8H,6H2,1-5H3,(H2,13,16)(H,17,18)(H2,14,15,19)/t8-/m0/s1. The molecule has 5 N–H and O–H groups in total. The van der Waals surface area contributed by atoms with E-state index in [9.17, 15) is 14.4 Å². The number of primary amides is 1. The molecule has 0 heterocycles. The van der Waals surface area contributed by atoms with E-state index in [0.29, 0.717) is 0 Å². The van der Waals surface area contributed by atoms with Gasteiger partial charge in [-0.25, -0.2) is 9.59 Å². The highest BCUT2D eigenvalue weighted by molar-refractivity contribution is 5.84. The van der Waals surface area contributed by atoms with Gasteiger partial charge in [0.2, 0.25) is 5.91 Å². The van der Waals surface area contributed by atoms with Crippen LogP contribution in [0.4, 0.5) is 4.79 Å². The van der Waals surface area contributed by atoms with Gasteiger partial charge in [-0.15, -0.1) is 0 Å². The number of urea groups is 1. The molecule has 7 heteroatoms. The second-order valence-electron chi connectivity index (χ2n) is 6.26. The first-order valence-electron chi connectivity index (χ1n) is 5.95. The third-order valence-electron chi connectivity index (χ3n) is 2.46. The predicted octanol–water partition coefficient (Wildman–Crippen LogP) is 0.439. The number of nitrogens with one attached hydrogen (secondary N) is 2. The number of aliphatic carboxylic acids is 1. The molecule has 0 saturated heterocycles. The summed E-state index contributed by atoms with van der Waals surface area (Å²) in [4.78, 5) is 33.7. The van der Waals surface area contributed by atoms with Gasteiger partial charge in [-0.05, 0) is 19.3 Å². The fourth-order valence-electron chi connectivity index (χ4n) is 1.60. The zero-order valence-electron chi connectivity index (χ0n) is 12.0. The number of amides is 3. The number of nitrogens with two attached hydrogens (primary N) is 1. The number of carboxylic acid groups (broad SMARTS) is 1. The average Bonchev–Trinajstić information content (AvgIpc) is 2.08. The summed E-state index contributed by atoms with van der Waals surface area (Å²) < 4.78 is 0. The summed E-state index contributed by atoms with van der Waals surface area (Å²) in [6.45, 7) is 8.39. The van der Waals surface area contributed by atoms with Crippen molar-refractivity contribution in [2.75, 3.05) is 0 Å². The van der Waals surface area contributed by atoms with Crippen LogP contribution in [0.2, 0.25) is 0 Å². The Hall–Kier alpha value is -1.79. The maximum atomic E-state index is 11.8. The van der Waals surface area contributed by atoms with Crippen molar-refractivity contribution in [2.24, 2.45) is 11.1 Å². The maximum Gasteiger partial charge on any atom is 0.326 e. The summed E-state index contributed by atoms with van der Waals surface area (Å²) in [5.74, 6) is -1.66. The molecule has 0 aromatic heterocycles. The first-order valence-corrected chi connectivity index (χ1v) is 5.95. The lowest BCUT2D eigenvalue weighted by molar-refractivity contribution is -0.142. The molecule has 0 aliphatic heterocycles. The third-order valence-corrected chi connectivity index (χ3v) is 2.46. The van der Waals surface area contributed by atoms with Crippen molar-refractivity contribution in [1.82, 2.24) is 10.6 Å². The normalized spacial score (nSPS) is 13.5. The Kier molecular flexibility index (Phi) is 5.34. The summed E-state index contributed by atoms with van der Waals surface area (Å²) >= 11 is 0. The highest BCUT2D eigenvalue weighted by Crippen LogP contribution is 2.19. The van der Waals surface area contributed by atoms with Crippen LogP contribution < -0.4 is 16.4 Å². The second-order valence-corrected chi connectivity index (χ2v) is 6.26. The summed E-state index contributed by atoms with van der Waals surface area (Å²) in [5, 5.41) is 14.0. The van der Waals surface area contributed by atoms with Gasteiger partial charge in [-0.1, -0.05) is 20.8 Å². The molecule has 0 rings (SSSR count). The van der Waals surface area contributed by atoms with E-state index in [1.54, 1.807) is 34.6 Å². The summed E-state index contributed by atoms with van der Waals surface area (Å²) in [6.07, 6.45) is -0.0341. The fraction of sp³-hybridized carbons (Fsp3) is 0.750. The zero-order valence-corrected chi connectivity index (χ0v) is 12.0. The van der Waals surface area contributed by atoms with Gasteiger partial charge in [0, 0.05) is 12.0 Å². The summed E-state index contributed by atoms with van der Waals surface area (Å²) in [6, 6.07) is -1.68. The number of hydrogen-bond donors (Lipinski definition) is 4. The van der Waals surface area contributed by atoms with Crippen molar-refractivity contribution in [3.05, 3.63) is 0 Å². The van der Waals surface area contributed by atoms with E-state index >= 15 is 0 Å².